The number of hydrogen-bond acceptors (Lipinski definition) is 0. The van der Waals surface area contributed by atoms with Crippen LogP contribution in [0.2, 0.25) is 0 Å². The van der Waals surface area contributed by atoms with Crippen LogP contribution in [0.1, 0.15) is 201 Å². The SMILES string of the molecule is CCCCCCCCCCCCCCC(CCC)CCCCCCCCCCCCCC. The average Bonchev–Trinajstić information content (AvgIpc) is 2.80. The van der Waals surface area contributed by atoms with E-state index in [1.807, 2.05) is 0 Å². The van der Waals surface area contributed by atoms with Crippen molar-refractivity contribution in [2.75, 3.05) is 0 Å². The third kappa shape index (κ3) is 26.3. The van der Waals surface area contributed by atoms with Crippen LogP contribution in [0.4, 0.5) is 0 Å². The fourth-order valence-corrected chi connectivity index (χ4v) is 5.39. The standard InChI is InChI=1S/C32H66/c1-4-7-9-11-13-15-17-19-21-23-25-27-30-32(29-6-3)31-28-26-24-22-20-18-16-14-12-10-8-5-2/h32H,4-31H2,1-3H3. The van der Waals surface area contributed by atoms with E-state index < -0.39 is 0 Å². The molecule has 0 atom stereocenters. The fourth-order valence-electron chi connectivity index (χ4n) is 5.39. The van der Waals surface area contributed by atoms with Crippen molar-refractivity contribution in [3.63, 3.8) is 0 Å². The first-order valence-corrected chi connectivity index (χ1v) is 15.8. The van der Waals surface area contributed by atoms with E-state index in [0.717, 1.165) is 5.92 Å². The molecule has 0 saturated heterocycles. The molecule has 0 aliphatic carbocycles. The van der Waals surface area contributed by atoms with Crippen LogP contribution in [-0.2, 0) is 0 Å². The molecule has 0 aliphatic heterocycles. The summed E-state index contributed by atoms with van der Waals surface area (Å²) in [5.41, 5.74) is 0. The van der Waals surface area contributed by atoms with Gasteiger partial charge in [-0.25, -0.2) is 0 Å². The number of unbranched alkanes of at least 4 members (excludes halogenated alkanes) is 22. The van der Waals surface area contributed by atoms with Crippen molar-refractivity contribution < 1.29 is 0 Å². The van der Waals surface area contributed by atoms with Gasteiger partial charge < -0.3 is 0 Å². The van der Waals surface area contributed by atoms with Gasteiger partial charge in [0.2, 0.25) is 0 Å². The molecule has 32 heavy (non-hydrogen) atoms. The zero-order chi connectivity index (χ0) is 23.4. The van der Waals surface area contributed by atoms with E-state index in [2.05, 4.69) is 20.8 Å². The van der Waals surface area contributed by atoms with Crippen LogP contribution in [0, 0.1) is 5.92 Å². The second-order valence-electron chi connectivity index (χ2n) is 11.0. The van der Waals surface area contributed by atoms with E-state index in [-0.39, 0.29) is 0 Å². The number of rotatable bonds is 28. The summed E-state index contributed by atoms with van der Waals surface area (Å²) >= 11 is 0. The van der Waals surface area contributed by atoms with E-state index >= 15 is 0 Å². The van der Waals surface area contributed by atoms with Gasteiger partial charge in [-0.05, 0) is 5.92 Å². The molecule has 0 radical (unpaired) electrons. The maximum atomic E-state index is 2.39. The monoisotopic (exact) mass is 451 g/mol. The second-order valence-corrected chi connectivity index (χ2v) is 11.0. The highest BCUT2D eigenvalue weighted by molar-refractivity contribution is 4.61. The summed E-state index contributed by atoms with van der Waals surface area (Å²) in [5.74, 6) is 1.03. The first-order valence-electron chi connectivity index (χ1n) is 15.8. The molecule has 194 valence electrons. The van der Waals surface area contributed by atoms with Gasteiger partial charge in [-0.3, -0.25) is 0 Å². The largest absolute Gasteiger partial charge is 0.0654 e. The Morgan fingerprint density at radius 3 is 0.750 bits per heavy atom. The lowest BCUT2D eigenvalue weighted by molar-refractivity contribution is 0.376. The zero-order valence-corrected chi connectivity index (χ0v) is 23.4. The van der Waals surface area contributed by atoms with Crippen LogP contribution in [-0.4, -0.2) is 0 Å². The summed E-state index contributed by atoms with van der Waals surface area (Å²) < 4.78 is 0. The minimum Gasteiger partial charge on any atom is -0.0654 e. The first-order chi connectivity index (χ1) is 15.8. The maximum absolute atomic E-state index is 2.39. The molecule has 0 bridgehead atoms. The summed E-state index contributed by atoms with van der Waals surface area (Å²) in [6.45, 7) is 7.01. The molecule has 0 N–H and O–H groups in total. The summed E-state index contributed by atoms with van der Waals surface area (Å²) in [6, 6.07) is 0. The van der Waals surface area contributed by atoms with E-state index in [0.29, 0.717) is 0 Å². The van der Waals surface area contributed by atoms with E-state index in [4.69, 9.17) is 0 Å². The predicted octanol–water partition coefficient (Wildman–Crippen LogP) is 12.6. The minimum absolute atomic E-state index is 1.03. The van der Waals surface area contributed by atoms with Crippen LogP contribution in [0.3, 0.4) is 0 Å². The highest BCUT2D eigenvalue weighted by Crippen LogP contribution is 2.23. The van der Waals surface area contributed by atoms with Crippen molar-refractivity contribution >= 4 is 0 Å². The third-order valence-electron chi connectivity index (χ3n) is 7.63. The molecule has 0 heteroatoms. The molecular weight excluding hydrogens is 384 g/mol. The molecule has 0 amide bonds. The van der Waals surface area contributed by atoms with Gasteiger partial charge in [-0.1, -0.05) is 201 Å². The second kappa shape index (κ2) is 29.0. The average molecular weight is 451 g/mol. The molecule has 0 aromatic carbocycles. The third-order valence-corrected chi connectivity index (χ3v) is 7.63. The van der Waals surface area contributed by atoms with Crippen molar-refractivity contribution in [3.05, 3.63) is 0 Å². The highest BCUT2D eigenvalue weighted by atomic mass is 14.1. The molecule has 0 heterocycles. The van der Waals surface area contributed by atoms with Gasteiger partial charge in [-0.15, -0.1) is 0 Å². The van der Waals surface area contributed by atoms with Gasteiger partial charge in [0.25, 0.3) is 0 Å². The Hall–Kier alpha value is 0. The molecule has 0 aromatic rings. The van der Waals surface area contributed by atoms with Crippen molar-refractivity contribution in [2.24, 2.45) is 5.92 Å². The Balaban J connectivity index is 3.39. The molecule has 0 nitrogen and oxygen atoms in total. The molecular formula is C32H66. The van der Waals surface area contributed by atoms with E-state index in [9.17, 15) is 0 Å². The van der Waals surface area contributed by atoms with E-state index in [1.165, 1.54) is 180 Å². The Morgan fingerprint density at radius 2 is 0.500 bits per heavy atom. The lowest BCUT2D eigenvalue weighted by Crippen LogP contribution is -2.00. The van der Waals surface area contributed by atoms with Gasteiger partial charge in [0.1, 0.15) is 0 Å². The Morgan fingerprint density at radius 1 is 0.250 bits per heavy atom. The van der Waals surface area contributed by atoms with Crippen LogP contribution in [0.15, 0.2) is 0 Å². The lowest BCUT2D eigenvalue weighted by atomic mass is 9.90. The van der Waals surface area contributed by atoms with Crippen LogP contribution >= 0.6 is 0 Å². The zero-order valence-electron chi connectivity index (χ0n) is 23.4. The van der Waals surface area contributed by atoms with Crippen molar-refractivity contribution in [3.8, 4) is 0 Å². The van der Waals surface area contributed by atoms with Crippen LogP contribution in [0.25, 0.3) is 0 Å². The van der Waals surface area contributed by atoms with Crippen molar-refractivity contribution in [1.82, 2.24) is 0 Å². The van der Waals surface area contributed by atoms with Crippen LogP contribution in [0.5, 0.6) is 0 Å². The maximum Gasteiger partial charge on any atom is -0.0414 e. The smallest absolute Gasteiger partial charge is 0.0414 e. The van der Waals surface area contributed by atoms with Crippen LogP contribution < -0.4 is 0 Å². The van der Waals surface area contributed by atoms with Crippen molar-refractivity contribution in [1.29, 1.82) is 0 Å². The fraction of sp³-hybridized carbons (Fsp3) is 1.00. The minimum atomic E-state index is 1.03. The number of hydrogen-bond donors (Lipinski definition) is 0. The summed E-state index contributed by atoms with van der Waals surface area (Å²) in [4.78, 5) is 0. The van der Waals surface area contributed by atoms with Gasteiger partial charge in [0, 0.05) is 0 Å². The molecule has 0 unspecified atom stereocenters. The summed E-state index contributed by atoms with van der Waals surface area (Å²) in [5, 5.41) is 0. The molecule has 0 aromatic heterocycles. The molecule has 0 aliphatic rings. The Bertz CT molecular complexity index is 279. The van der Waals surface area contributed by atoms with Crippen molar-refractivity contribution in [2.45, 2.75) is 201 Å². The Kier molecular flexibility index (Phi) is 29.0. The van der Waals surface area contributed by atoms with Gasteiger partial charge >= 0.3 is 0 Å². The predicted molar refractivity (Wildman–Crippen MR) is 150 cm³/mol. The normalized spacial score (nSPS) is 11.6. The molecule has 0 saturated carbocycles. The molecule has 0 spiro atoms. The van der Waals surface area contributed by atoms with Gasteiger partial charge in [0.05, 0.1) is 0 Å². The topological polar surface area (TPSA) is 0 Å². The van der Waals surface area contributed by atoms with Gasteiger partial charge in [0.15, 0.2) is 0 Å². The Labute approximate surface area is 206 Å². The van der Waals surface area contributed by atoms with E-state index in [1.54, 1.807) is 0 Å². The molecule has 0 fully saturated rings. The highest BCUT2D eigenvalue weighted by Gasteiger charge is 2.07. The van der Waals surface area contributed by atoms with Gasteiger partial charge in [-0.2, -0.15) is 0 Å². The molecule has 0 rings (SSSR count). The first kappa shape index (κ1) is 32.0. The summed E-state index contributed by atoms with van der Waals surface area (Å²) in [7, 11) is 0. The summed E-state index contributed by atoms with van der Waals surface area (Å²) in [6.07, 6.45) is 41.3. The quantitative estimate of drug-likeness (QED) is 0.104. The lowest BCUT2D eigenvalue weighted by Gasteiger charge is -2.16.